The summed E-state index contributed by atoms with van der Waals surface area (Å²) in [5, 5.41) is 1.03. The summed E-state index contributed by atoms with van der Waals surface area (Å²) in [4.78, 5) is 32.8. The third-order valence-electron chi connectivity index (χ3n) is 11.6. The van der Waals surface area contributed by atoms with E-state index in [9.17, 15) is 18.0 Å². The number of benzene rings is 1. The molecule has 1 saturated carbocycles. The molecular weight excluding hydrogens is 612 g/mol. The molecular formula is C37H44N4O5S. The number of carbonyl (C=O) groups is 2. The van der Waals surface area contributed by atoms with Crippen LogP contribution in [0.4, 0.5) is 0 Å². The Morgan fingerprint density at radius 1 is 1.04 bits per heavy atom. The summed E-state index contributed by atoms with van der Waals surface area (Å²) in [7, 11) is -0.161. The lowest BCUT2D eigenvalue weighted by Gasteiger charge is -2.43. The number of piperazine rings is 1. The van der Waals surface area contributed by atoms with E-state index in [1.807, 2.05) is 0 Å². The maximum absolute atomic E-state index is 14.8. The van der Waals surface area contributed by atoms with Crippen molar-refractivity contribution in [2.75, 3.05) is 27.2 Å². The second kappa shape index (κ2) is 11.2. The summed E-state index contributed by atoms with van der Waals surface area (Å²) in [6.45, 7) is 7.14. The zero-order valence-electron chi connectivity index (χ0n) is 27.5. The van der Waals surface area contributed by atoms with E-state index in [4.69, 9.17) is 4.74 Å². The molecule has 3 aliphatic carbocycles. The first-order chi connectivity index (χ1) is 22.6. The predicted octanol–water partition coefficient (Wildman–Crippen LogP) is 5.26. The molecule has 1 aromatic carbocycles. The van der Waals surface area contributed by atoms with Crippen molar-refractivity contribution in [1.29, 1.82) is 0 Å². The molecule has 2 bridgehead atoms. The number of fused-ring (bicyclic) bond motifs is 8. The molecule has 2 saturated heterocycles. The molecule has 6 aliphatic rings. The fourth-order valence-electron chi connectivity index (χ4n) is 9.43. The second-order valence-corrected chi connectivity index (χ2v) is 16.4. The van der Waals surface area contributed by atoms with Crippen molar-refractivity contribution in [3.63, 3.8) is 0 Å². The molecule has 4 heterocycles. The zero-order chi connectivity index (χ0) is 32.8. The van der Waals surface area contributed by atoms with Crippen LogP contribution in [0.1, 0.15) is 81.4 Å². The lowest BCUT2D eigenvalue weighted by atomic mass is 9.75. The van der Waals surface area contributed by atoms with Crippen LogP contribution in [0.3, 0.4) is 0 Å². The first-order valence-corrected chi connectivity index (χ1v) is 18.6. The van der Waals surface area contributed by atoms with Gasteiger partial charge in [0.25, 0.3) is 15.9 Å². The number of likely N-dealkylation sites (tertiary alicyclic amines) is 1. The second-order valence-electron chi connectivity index (χ2n) is 14.5. The average molecular weight is 657 g/mol. The molecule has 0 radical (unpaired) electrons. The molecule has 1 aromatic heterocycles. The Labute approximate surface area is 277 Å². The normalized spacial score (nSPS) is 27.3. The van der Waals surface area contributed by atoms with Crippen molar-refractivity contribution in [2.45, 2.75) is 88.8 Å². The van der Waals surface area contributed by atoms with Gasteiger partial charge in [-0.1, -0.05) is 44.1 Å². The molecule has 47 heavy (non-hydrogen) atoms. The van der Waals surface area contributed by atoms with Gasteiger partial charge in [-0.05, 0) is 86.4 Å². The third kappa shape index (κ3) is 4.85. The molecule has 3 fully saturated rings. The van der Waals surface area contributed by atoms with Crippen LogP contribution < -0.4 is 9.46 Å². The number of methoxy groups -OCH3 is 1. The van der Waals surface area contributed by atoms with Crippen LogP contribution in [0.2, 0.25) is 0 Å². The monoisotopic (exact) mass is 656 g/mol. The highest BCUT2D eigenvalue weighted by Crippen LogP contribution is 2.55. The van der Waals surface area contributed by atoms with E-state index in [0.717, 1.165) is 77.8 Å². The van der Waals surface area contributed by atoms with E-state index in [1.54, 1.807) is 7.11 Å². The number of nitrogens with zero attached hydrogens (tertiary/aromatic N) is 3. The van der Waals surface area contributed by atoms with Gasteiger partial charge in [-0.25, -0.2) is 13.1 Å². The van der Waals surface area contributed by atoms with Crippen molar-refractivity contribution in [3.05, 3.63) is 75.4 Å². The summed E-state index contributed by atoms with van der Waals surface area (Å²) >= 11 is 0. The Balaban J connectivity index is 1.30. The van der Waals surface area contributed by atoms with Gasteiger partial charge in [-0.2, -0.15) is 0 Å². The Hall–Kier alpha value is -3.63. The van der Waals surface area contributed by atoms with Crippen molar-refractivity contribution in [1.82, 2.24) is 19.1 Å². The zero-order valence-corrected chi connectivity index (χ0v) is 28.4. The van der Waals surface area contributed by atoms with Crippen LogP contribution in [-0.2, 0) is 26.2 Å². The number of carbonyl (C=O) groups excluding carboxylic acids is 2. The molecule has 0 spiro atoms. The highest BCUT2D eigenvalue weighted by molar-refractivity contribution is 7.93. The van der Waals surface area contributed by atoms with Gasteiger partial charge in [0.15, 0.2) is 0 Å². The maximum atomic E-state index is 14.8. The van der Waals surface area contributed by atoms with E-state index < -0.39 is 15.9 Å². The topological polar surface area (TPSA) is 101 Å². The quantitative estimate of drug-likeness (QED) is 0.455. The number of allylic oxidation sites excluding steroid dienone is 5. The Bertz CT molecular complexity index is 1910. The van der Waals surface area contributed by atoms with Gasteiger partial charge >= 0.3 is 0 Å². The number of hydrogen-bond acceptors (Lipinski definition) is 6. The van der Waals surface area contributed by atoms with Gasteiger partial charge in [0, 0.05) is 48.7 Å². The van der Waals surface area contributed by atoms with Gasteiger partial charge in [0.05, 0.1) is 29.0 Å². The van der Waals surface area contributed by atoms with Crippen LogP contribution >= 0.6 is 0 Å². The van der Waals surface area contributed by atoms with Gasteiger partial charge in [-0.15, -0.1) is 0 Å². The first kappa shape index (κ1) is 30.7. The summed E-state index contributed by atoms with van der Waals surface area (Å²) in [5.41, 5.74) is 6.47. The molecule has 1 N–H and O–H groups in total. The average Bonchev–Trinajstić information content (AvgIpc) is 3.59. The minimum Gasteiger partial charge on any atom is -0.496 e. The molecule has 3 aliphatic heterocycles. The van der Waals surface area contributed by atoms with E-state index in [-0.39, 0.29) is 34.7 Å². The number of sulfonamides is 1. The molecule has 3 unspecified atom stereocenters. The third-order valence-corrected chi connectivity index (χ3v) is 13.0. The van der Waals surface area contributed by atoms with Crippen molar-refractivity contribution >= 4 is 32.7 Å². The van der Waals surface area contributed by atoms with Crippen molar-refractivity contribution in [2.24, 2.45) is 5.92 Å². The van der Waals surface area contributed by atoms with Crippen LogP contribution in [-0.4, -0.2) is 73.9 Å². The van der Waals surface area contributed by atoms with Gasteiger partial charge in [-0.3, -0.25) is 9.59 Å². The number of rotatable bonds is 6. The SMILES string of the molecule is C=C(C)S(=O)(=O)NC(=O)C1=C2Cn3c(cc4c(OC)ccc(C5CCCCC5)c43)C3C(=C21)C=CC[C@H]3C(=O)N1C2CCC1CN(C)C2. The molecule has 248 valence electrons. The number of hydrogen-bond donors (Lipinski definition) is 1. The molecule has 8 rings (SSSR count). The van der Waals surface area contributed by atoms with Crippen LogP contribution in [0.15, 0.2) is 64.1 Å². The standard InChI is InChI=1S/C37H44N4O5S/c1-21(2)47(44,45)38-36(42)34-29-20-40-30(17-28-31(46-4)16-15-25(35(28)40)22-9-6-5-7-10-22)32-26(33(29)34)11-8-12-27(32)37(43)41-23-13-14-24(41)19-39(3)18-23/h8,11,15-17,22-24,27,32H,1,5-7,9-10,12-14,18-20H2,2-4H3,(H,38,42)/t23?,24?,27-,32?/m1/s1. The number of nitrogens with one attached hydrogen (secondary N) is 1. The van der Waals surface area contributed by atoms with Crippen molar-refractivity contribution in [3.8, 4) is 5.75 Å². The van der Waals surface area contributed by atoms with E-state index in [1.165, 1.54) is 31.7 Å². The van der Waals surface area contributed by atoms with Gasteiger partial charge in [0.2, 0.25) is 5.91 Å². The molecule has 2 aromatic rings. The highest BCUT2D eigenvalue weighted by atomic mass is 32.2. The Morgan fingerprint density at radius 3 is 2.45 bits per heavy atom. The fraction of sp³-hybridized carbons (Fsp3) is 0.514. The number of aromatic nitrogens is 1. The van der Waals surface area contributed by atoms with E-state index in [0.29, 0.717) is 24.5 Å². The molecule has 10 heteroatoms. The van der Waals surface area contributed by atoms with Crippen LogP contribution in [0.5, 0.6) is 5.75 Å². The van der Waals surface area contributed by atoms with Crippen LogP contribution in [0.25, 0.3) is 10.9 Å². The largest absolute Gasteiger partial charge is 0.496 e. The van der Waals surface area contributed by atoms with Crippen molar-refractivity contribution < 1.29 is 22.7 Å². The van der Waals surface area contributed by atoms with Gasteiger partial charge in [0.1, 0.15) is 5.75 Å². The fourth-order valence-corrected chi connectivity index (χ4v) is 9.95. The summed E-state index contributed by atoms with van der Waals surface area (Å²) in [6.07, 6.45) is 12.7. The predicted molar refractivity (Wildman–Crippen MR) is 181 cm³/mol. The molecule has 2 amide bonds. The highest BCUT2D eigenvalue weighted by Gasteiger charge is 2.50. The minimum atomic E-state index is -4.00. The van der Waals surface area contributed by atoms with Gasteiger partial charge < -0.3 is 19.1 Å². The van der Waals surface area contributed by atoms with E-state index >= 15 is 0 Å². The summed E-state index contributed by atoms with van der Waals surface area (Å²) < 4.78 is 35.9. The molecule has 4 atom stereocenters. The lowest BCUT2D eigenvalue weighted by molar-refractivity contribution is -0.141. The van der Waals surface area contributed by atoms with Crippen LogP contribution in [0, 0.1) is 5.92 Å². The maximum Gasteiger partial charge on any atom is 0.265 e. The Kier molecular flexibility index (Phi) is 7.33. The number of amides is 2. The smallest absolute Gasteiger partial charge is 0.265 e. The first-order valence-electron chi connectivity index (χ1n) is 17.2. The molecule has 9 nitrogen and oxygen atoms in total. The summed E-state index contributed by atoms with van der Waals surface area (Å²) in [5.74, 6) is 0.172. The minimum absolute atomic E-state index is 0.110. The Morgan fingerprint density at radius 2 is 1.77 bits per heavy atom. The number of ether oxygens (including phenoxy) is 1. The number of likely N-dealkylation sites (N-methyl/N-ethyl adjacent to an activating group) is 1. The van der Waals surface area contributed by atoms with E-state index in [2.05, 4.69) is 63.1 Å². The lowest BCUT2D eigenvalue weighted by Crippen LogP contribution is -2.56. The summed E-state index contributed by atoms with van der Waals surface area (Å²) in [6, 6.07) is 6.96.